The lowest BCUT2D eigenvalue weighted by molar-refractivity contribution is -0.133. The predicted octanol–water partition coefficient (Wildman–Crippen LogP) is 1.08. The molecule has 3 atom stereocenters. The maximum Gasteiger partial charge on any atom is 0.223 e. The molecule has 0 radical (unpaired) electrons. The van der Waals surface area contributed by atoms with Crippen LogP contribution in [0.25, 0.3) is 0 Å². The van der Waals surface area contributed by atoms with Crippen molar-refractivity contribution in [1.29, 1.82) is 0 Å². The van der Waals surface area contributed by atoms with Crippen LogP contribution in [0.5, 0.6) is 0 Å². The summed E-state index contributed by atoms with van der Waals surface area (Å²) in [6.45, 7) is 6.04. The highest BCUT2D eigenvalue weighted by Gasteiger charge is 2.29. The number of aliphatic hydroxyl groups excluding tert-OH is 1. The molecule has 0 aromatic heterocycles. The average Bonchev–Trinajstić information content (AvgIpc) is 2.16. The van der Waals surface area contributed by atoms with Gasteiger partial charge in [-0.1, -0.05) is 0 Å². The lowest BCUT2D eigenvalue weighted by Gasteiger charge is -2.31. The molecule has 0 spiro atoms. The Morgan fingerprint density at radius 3 is 2.50 bits per heavy atom. The van der Waals surface area contributed by atoms with E-state index in [1.165, 1.54) is 0 Å². The predicted molar refractivity (Wildman–Crippen MR) is 62.0 cm³/mol. The summed E-state index contributed by atoms with van der Waals surface area (Å²) < 4.78 is 5.60. The molecular formula is C12H23NO3. The lowest BCUT2D eigenvalue weighted by atomic mass is 9.91. The molecule has 94 valence electrons. The van der Waals surface area contributed by atoms with Crippen LogP contribution >= 0.6 is 0 Å². The van der Waals surface area contributed by atoms with Crippen LogP contribution in [0, 0.1) is 5.92 Å². The molecule has 0 saturated carbocycles. The quantitative estimate of drug-likeness (QED) is 0.758. The summed E-state index contributed by atoms with van der Waals surface area (Å²) in [6.07, 6.45) is 2.52. The topological polar surface area (TPSA) is 58.6 Å². The lowest BCUT2D eigenvalue weighted by Crippen LogP contribution is -2.42. The van der Waals surface area contributed by atoms with Gasteiger partial charge in [-0.2, -0.15) is 0 Å². The summed E-state index contributed by atoms with van der Waals surface area (Å²) in [5, 5.41) is 11.7. The second kappa shape index (κ2) is 6.21. The van der Waals surface area contributed by atoms with Gasteiger partial charge in [0.1, 0.15) is 0 Å². The third kappa shape index (κ3) is 4.10. The molecule has 1 rings (SSSR count). The van der Waals surface area contributed by atoms with Crippen molar-refractivity contribution in [2.75, 3.05) is 6.61 Å². The number of carbonyl (C=O) groups excluding carboxylic acids is 1. The van der Waals surface area contributed by atoms with Crippen molar-refractivity contribution in [3.05, 3.63) is 0 Å². The zero-order chi connectivity index (χ0) is 12.1. The van der Waals surface area contributed by atoms with Crippen molar-refractivity contribution in [3.8, 4) is 0 Å². The molecule has 0 aromatic rings. The van der Waals surface area contributed by atoms with E-state index in [4.69, 9.17) is 9.84 Å². The number of hydrogen-bond acceptors (Lipinski definition) is 3. The van der Waals surface area contributed by atoms with Crippen LogP contribution in [0.3, 0.4) is 0 Å². The van der Waals surface area contributed by atoms with Gasteiger partial charge in [0.15, 0.2) is 0 Å². The minimum Gasteiger partial charge on any atom is -0.396 e. The number of hydrogen-bond donors (Lipinski definition) is 2. The molecule has 2 N–H and O–H groups in total. The van der Waals surface area contributed by atoms with E-state index < -0.39 is 0 Å². The average molecular weight is 229 g/mol. The van der Waals surface area contributed by atoms with Crippen LogP contribution in [0.1, 0.15) is 40.0 Å². The number of carbonyl (C=O) groups is 1. The molecule has 1 fully saturated rings. The molecule has 0 aliphatic carbocycles. The third-order valence-corrected chi connectivity index (χ3v) is 3.02. The van der Waals surface area contributed by atoms with Crippen LogP contribution in [-0.2, 0) is 9.53 Å². The zero-order valence-corrected chi connectivity index (χ0v) is 10.4. The van der Waals surface area contributed by atoms with E-state index >= 15 is 0 Å². The van der Waals surface area contributed by atoms with Crippen LogP contribution in [0.4, 0.5) is 0 Å². The Labute approximate surface area is 97.4 Å². The van der Waals surface area contributed by atoms with Gasteiger partial charge in [-0.3, -0.25) is 4.79 Å². The maximum atomic E-state index is 11.9. The van der Waals surface area contributed by atoms with Gasteiger partial charge < -0.3 is 15.2 Å². The van der Waals surface area contributed by atoms with Crippen molar-refractivity contribution >= 4 is 5.91 Å². The molecule has 0 aromatic carbocycles. The smallest absolute Gasteiger partial charge is 0.223 e. The van der Waals surface area contributed by atoms with E-state index in [9.17, 15) is 4.79 Å². The van der Waals surface area contributed by atoms with Crippen LogP contribution in [0.2, 0.25) is 0 Å². The Morgan fingerprint density at radius 2 is 2.00 bits per heavy atom. The number of amides is 1. The summed E-state index contributed by atoms with van der Waals surface area (Å²) in [5.41, 5.74) is 0. The van der Waals surface area contributed by atoms with E-state index in [2.05, 4.69) is 5.32 Å². The largest absolute Gasteiger partial charge is 0.396 e. The molecular weight excluding hydrogens is 206 g/mol. The monoisotopic (exact) mass is 229 g/mol. The molecule has 1 amide bonds. The summed E-state index contributed by atoms with van der Waals surface area (Å²) in [4.78, 5) is 11.9. The fourth-order valence-electron chi connectivity index (χ4n) is 2.25. The minimum atomic E-state index is 0.0472. The summed E-state index contributed by atoms with van der Waals surface area (Å²) in [6, 6.07) is 0.0472. The Balaban J connectivity index is 2.40. The highest BCUT2D eigenvalue weighted by Crippen LogP contribution is 2.24. The molecule has 1 heterocycles. The fourth-order valence-corrected chi connectivity index (χ4v) is 2.25. The highest BCUT2D eigenvalue weighted by atomic mass is 16.5. The molecule has 3 unspecified atom stereocenters. The maximum absolute atomic E-state index is 11.9. The summed E-state index contributed by atoms with van der Waals surface area (Å²) >= 11 is 0. The molecule has 1 aliphatic heterocycles. The van der Waals surface area contributed by atoms with Crippen LogP contribution < -0.4 is 5.32 Å². The number of rotatable bonds is 4. The van der Waals surface area contributed by atoms with Gasteiger partial charge in [0, 0.05) is 18.6 Å². The SMILES string of the molecule is CC(CCO)NC(=O)C1CC(C)OC(C)C1. The van der Waals surface area contributed by atoms with Crippen molar-refractivity contribution in [1.82, 2.24) is 5.32 Å². The van der Waals surface area contributed by atoms with Gasteiger partial charge >= 0.3 is 0 Å². The number of aliphatic hydroxyl groups is 1. The van der Waals surface area contributed by atoms with Crippen molar-refractivity contribution in [2.24, 2.45) is 5.92 Å². The van der Waals surface area contributed by atoms with Gasteiger partial charge in [0.25, 0.3) is 0 Å². The molecule has 16 heavy (non-hydrogen) atoms. The van der Waals surface area contributed by atoms with Crippen molar-refractivity contribution < 1.29 is 14.6 Å². The Kier molecular flexibility index (Phi) is 5.22. The van der Waals surface area contributed by atoms with Gasteiger partial charge in [-0.15, -0.1) is 0 Å². The summed E-state index contributed by atoms with van der Waals surface area (Å²) in [5.74, 6) is 0.155. The Hall–Kier alpha value is -0.610. The van der Waals surface area contributed by atoms with Crippen LogP contribution in [-0.4, -0.2) is 35.9 Å². The van der Waals surface area contributed by atoms with Gasteiger partial charge in [0.2, 0.25) is 5.91 Å². The molecule has 4 heteroatoms. The molecule has 1 aliphatic rings. The van der Waals surface area contributed by atoms with Crippen LogP contribution in [0.15, 0.2) is 0 Å². The van der Waals surface area contributed by atoms with Gasteiger partial charge in [-0.05, 0) is 40.0 Å². The van der Waals surface area contributed by atoms with E-state index in [0.29, 0.717) is 6.42 Å². The van der Waals surface area contributed by atoms with Crippen molar-refractivity contribution in [3.63, 3.8) is 0 Å². The van der Waals surface area contributed by atoms with E-state index in [-0.39, 0.29) is 36.7 Å². The second-order valence-electron chi connectivity index (χ2n) is 4.85. The van der Waals surface area contributed by atoms with Gasteiger partial charge in [0.05, 0.1) is 12.2 Å². The molecule has 1 saturated heterocycles. The third-order valence-electron chi connectivity index (χ3n) is 3.02. The minimum absolute atomic E-state index is 0.0472. The van der Waals surface area contributed by atoms with E-state index in [0.717, 1.165) is 12.8 Å². The zero-order valence-electron chi connectivity index (χ0n) is 10.4. The fraction of sp³-hybridized carbons (Fsp3) is 0.917. The van der Waals surface area contributed by atoms with Gasteiger partial charge in [-0.25, -0.2) is 0 Å². The Bertz CT molecular complexity index is 222. The first-order valence-electron chi connectivity index (χ1n) is 6.09. The first kappa shape index (κ1) is 13.5. The number of ether oxygens (including phenoxy) is 1. The highest BCUT2D eigenvalue weighted by molar-refractivity contribution is 5.79. The van der Waals surface area contributed by atoms with E-state index in [1.807, 2.05) is 20.8 Å². The number of nitrogens with one attached hydrogen (secondary N) is 1. The normalized spacial score (nSPS) is 32.1. The second-order valence-corrected chi connectivity index (χ2v) is 4.85. The first-order valence-corrected chi connectivity index (χ1v) is 6.09. The van der Waals surface area contributed by atoms with E-state index in [1.54, 1.807) is 0 Å². The standard InChI is InChI=1S/C12H23NO3/c1-8(4-5-14)13-12(15)11-6-9(2)16-10(3)7-11/h8-11,14H,4-7H2,1-3H3,(H,13,15). The molecule has 4 nitrogen and oxygen atoms in total. The summed E-state index contributed by atoms with van der Waals surface area (Å²) in [7, 11) is 0. The molecule has 0 bridgehead atoms. The van der Waals surface area contributed by atoms with Crippen molar-refractivity contribution in [2.45, 2.75) is 58.3 Å². The Morgan fingerprint density at radius 1 is 1.44 bits per heavy atom. The first-order chi connectivity index (χ1) is 7.52.